The first-order valence-corrected chi connectivity index (χ1v) is 11.6. The van der Waals surface area contributed by atoms with Crippen molar-refractivity contribution in [1.82, 2.24) is 5.32 Å². The second-order valence-electron chi connectivity index (χ2n) is 6.92. The number of amides is 1. The van der Waals surface area contributed by atoms with Gasteiger partial charge in [-0.1, -0.05) is 17.7 Å². The van der Waals surface area contributed by atoms with Crippen molar-refractivity contribution < 1.29 is 19.4 Å². The van der Waals surface area contributed by atoms with Gasteiger partial charge in [-0.25, -0.2) is 4.99 Å². The monoisotopic (exact) mass is 574 g/mol. The average molecular weight is 576 g/mol. The van der Waals surface area contributed by atoms with Crippen LogP contribution in [0.3, 0.4) is 0 Å². The van der Waals surface area contributed by atoms with E-state index in [4.69, 9.17) is 16.3 Å². The van der Waals surface area contributed by atoms with E-state index in [9.17, 15) is 25.0 Å². The molecule has 13 heteroatoms. The number of amidine groups is 1. The van der Waals surface area contributed by atoms with Crippen molar-refractivity contribution in [3.8, 4) is 11.5 Å². The van der Waals surface area contributed by atoms with Crippen molar-refractivity contribution in [2.24, 2.45) is 4.99 Å². The molecule has 176 valence electrons. The van der Waals surface area contributed by atoms with Gasteiger partial charge in [0.2, 0.25) is 5.75 Å². The van der Waals surface area contributed by atoms with E-state index in [2.05, 4.69) is 26.2 Å². The Labute approximate surface area is 215 Å². The first-order valence-electron chi connectivity index (χ1n) is 9.65. The van der Waals surface area contributed by atoms with Gasteiger partial charge in [0.1, 0.15) is 5.75 Å². The number of benzene rings is 3. The molecule has 4 rings (SSSR count). The fraction of sp³-hybridized carbons (Fsp3) is 0. The van der Waals surface area contributed by atoms with Crippen LogP contribution in [0.1, 0.15) is 5.56 Å². The van der Waals surface area contributed by atoms with Gasteiger partial charge in [-0.15, -0.1) is 0 Å². The lowest BCUT2D eigenvalue weighted by Gasteiger charge is -2.09. The number of halogens is 2. The standard InChI is InChI=1S/C22H12BrClN4O6S/c23-16-9-12(10-20-21(29)26-22(35-20)25-14-4-2-13(24)3-5-14)1-7-18(16)34-19-8-6-15(27(30)31)11-17(19)28(32)33/h1-11H,(H,25,26,29)/b20-10-. The van der Waals surface area contributed by atoms with E-state index in [1.807, 2.05) is 0 Å². The molecule has 0 bridgehead atoms. The van der Waals surface area contributed by atoms with Crippen molar-refractivity contribution >= 4 is 73.5 Å². The second kappa shape index (κ2) is 10.3. The fourth-order valence-electron chi connectivity index (χ4n) is 2.92. The highest BCUT2D eigenvalue weighted by molar-refractivity contribution is 9.10. The molecule has 0 aliphatic carbocycles. The Morgan fingerprint density at radius 1 is 1.00 bits per heavy atom. The smallest absolute Gasteiger partial charge is 0.318 e. The van der Waals surface area contributed by atoms with E-state index >= 15 is 0 Å². The molecule has 1 saturated heterocycles. The van der Waals surface area contributed by atoms with Gasteiger partial charge in [0.15, 0.2) is 5.17 Å². The summed E-state index contributed by atoms with van der Waals surface area (Å²) in [7, 11) is 0. The number of hydrogen-bond acceptors (Lipinski definition) is 8. The van der Waals surface area contributed by atoms with E-state index in [-0.39, 0.29) is 17.4 Å². The third-order valence-electron chi connectivity index (χ3n) is 4.53. The average Bonchev–Trinajstić information content (AvgIpc) is 3.15. The van der Waals surface area contributed by atoms with Crippen molar-refractivity contribution in [3.05, 3.63) is 101 Å². The Hall–Kier alpha value is -3.74. The number of nitro benzene ring substituents is 2. The summed E-state index contributed by atoms with van der Waals surface area (Å²) in [6.45, 7) is 0. The highest BCUT2D eigenvalue weighted by Gasteiger charge is 2.24. The highest BCUT2D eigenvalue weighted by atomic mass is 79.9. The predicted octanol–water partition coefficient (Wildman–Crippen LogP) is 6.60. The predicted molar refractivity (Wildman–Crippen MR) is 136 cm³/mol. The lowest BCUT2D eigenvalue weighted by Crippen LogP contribution is -2.19. The molecule has 3 aromatic rings. The maximum Gasteiger partial charge on any atom is 0.318 e. The molecule has 0 spiro atoms. The van der Waals surface area contributed by atoms with E-state index < -0.39 is 21.2 Å². The summed E-state index contributed by atoms with van der Waals surface area (Å²) in [5, 5.41) is 26.0. The number of aliphatic imine (C=N–C) groups is 1. The lowest BCUT2D eigenvalue weighted by molar-refractivity contribution is -0.394. The molecule has 0 aromatic heterocycles. The Morgan fingerprint density at radius 2 is 1.71 bits per heavy atom. The van der Waals surface area contributed by atoms with Crippen LogP contribution >= 0.6 is 39.3 Å². The SMILES string of the molecule is O=C1NC(=Nc2ccc(Cl)cc2)S/C1=C\c1ccc(Oc2ccc([N+](=O)[O-])cc2[N+](=O)[O-])c(Br)c1. The van der Waals surface area contributed by atoms with Crippen LogP contribution < -0.4 is 10.1 Å². The van der Waals surface area contributed by atoms with E-state index in [0.29, 0.717) is 30.8 Å². The van der Waals surface area contributed by atoms with E-state index in [1.165, 1.54) is 17.8 Å². The summed E-state index contributed by atoms with van der Waals surface area (Å²) in [6.07, 6.45) is 1.66. The third-order valence-corrected chi connectivity index (χ3v) is 6.31. The fourth-order valence-corrected chi connectivity index (χ4v) is 4.37. The van der Waals surface area contributed by atoms with E-state index in [0.717, 1.165) is 12.1 Å². The topological polar surface area (TPSA) is 137 Å². The van der Waals surface area contributed by atoms with Gasteiger partial charge in [-0.05, 0) is 81.8 Å². The maximum atomic E-state index is 12.4. The van der Waals surface area contributed by atoms with Crippen LogP contribution in [0.15, 0.2) is 75.0 Å². The molecular formula is C22H12BrClN4O6S. The molecule has 1 aliphatic rings. The van der Waals surface area contributed by atoms with E-state index in [1.54, 1.807) is 48.5 Å². The summed E-state index contributed by atoms with van der Waals surface area (Å²) in [6, 6.07) is 14.9. The van der Waals surface area contributed by atoms with Crippen molar-refractivity contribution in [3.63, 3.8) is 0 Å². The molecule has 3 aromatic carbocycles. The first kappa shape index (κ1) is 24.4. The van der Waals surface area contributed by atoms with Crippen LogP contribution in [-0.2, 0) is 4.79 Å². The number of rotatable bonds is 6. The number of non-ortho nitro benzene ring substituents is 1. The number of carbonyl (C=O) groups is 1. The molecule has 0 unspecified atom stereocenters. The van der Waals surface area contributed by atoms with Gasteiger partial charge < -0.3 is 10.1 Å². The summed E-state index contributed by atoms with van der Waals surface area (Å²) in [5.74, 6) is -0.209. The highest BCUT2D eigenvalue weighted by Crippen LogP contribution is 2.38. The zero-order valence-corrected chi connectivity index (χ0v) is 20.5. The number of nitrogens with zero attached hydrogens (tertiary/aromatic N) is 3. The summed E-state index contributed by atoms with van der Waals surface area (Å²) >= 11 is 10.4. The summed E-state index contributed by atoms with van der Waals surface area (Å²) < 4.78 is 6.09. The second-order valence-corrected chi connectivity index (χ2v) is 9.24. The first-order chi connectivity index (χ1) is 16.7. The maximum absolute atomic E-state index is 12.4. The molecule has 10 nitrogen and oxygen atoms in total. The Balaban J connectivity index is 1.54. The van der Waals surface area contributed by atoms with Crippen LogP contribution in [0.25, 0.3) is 6.08 Å². The Kier molecular flexibility index (Phi) is 7.15. The molecule has 1 aliphatic heterocycles. The normalized spacial score (nSPS) is 15.3. The minimum atomic E-state index is -0.756. The minimum Gasteiger partial charge on any atom is -0.449 e. The molecule has 0 atom stereocenters. The van der Waals surface area contributed by atoms with Gasteiger partial charge in [-0.3, -0.25) is 25.0 Å². The summed E-state index contributed by atoms with van der Waals surface area (Å²) in [4.78, 5) is 37.9. The molecular weight excluding hydrogens is 564 g/mol. The van der Waals surface area contributed by atoms with Crippen LogP contribution in [0.2, 0.25) is 5.02 Å². The van der Waals surface area contributed by atoms with Gasteiger partial charge in [-0.2, -0.15) is 0 Å². The Morgan fingerprint density at radius 3 is 2.37 bits per heavy atom. The zero-order chi connectivity index (χ0) is 25.1. The van der Waals surface area contributed by atoms with Crippen LogP contribution in [0, 0.1) is 20.2 Å². The minimum absolute atomic E-state index is 0.152. The summed E-state index contributed by atoms with van der Waals surface area (Å²) in [5.41, 5.74) is 0.344. The lowest BCUT2D eigenvalue weighted by atomic mass is 10.2. The molecule has 0 saturated carbocycles. The number of carbonyl (C=O) groups excluding carboxylic acids is 1. The third kappa shape index (κ3) is 5.85. The number of hydrogen-bond donors (Lipinski definition) is 1. The zero-order valence-electron chi connectivity index (χ0n) is 17.3. The van der Waals surface area contributed by atoms with Crippen molar-refractivity contribution in [1.29, 1.82) is 0 Å². The number of ether oxygens (including phenoxy) is 1. The van der Waals surface area contributed by atoms with Gasteiger partial charge in [0, 0.05) is 11.1 Å². The van der Waals surface area contributed by atoms with Gasteiger partial charge >= 0.3 is 5.69 Å². The molecule has 35 heavy (non-hydrogen) atoms. The van der Waals surface area contributed by atoms with Crippen molar-refractivity contribution in [2.75, 3.05) is 0 Å². The molecule has 1 N–H and O–H groups in total. The van der Waals surface area contributed by atoms with Crippen LogP contribution in [-0.4, -0.2) is 20.9 Å². The molecule has 0 radical (unpaired) electrons. The largest absolute Gasteiger partial charge is 0.449 e. The van der Waals surface area contributed by atoms with Crippen molar-refractivity contribution in [2.45, 2.75) is 0 Å². The quantitative estimate of drug-likeness (QED) is 0.198. The number of nitrogens with one attached hydrogen (secondary N) is 1. The van der Waals surface area contributed by atoms with Crippen LogP contribution in [0.4, 0.5) is 17.1 Å². The van der Waals surface area contributed by atoms with Gasteiger partial charge in [0.25, 0.3) is 11.6 Å². The molecule has 1 fully saturated rings. The number of thioether (sulfide) groups is 1. The number of nitro groups is 2. The van der Waals surface area contributed by atoms with Crippen LogP contribution in [0.5, 0.6) is 11.5 Å². The van der Waals surface area contributed by atoms with Gasteiger partial charge in [0.05, 0.1) is 31.0 Å². The molecule has 1 amide bonds. The Bertz CT molecular complexity index is 1430. The molecule has 1 heterocycles.